The Labute approximate surface area is 105 Å². The molecule has 1 aromatic heterocycles. The summed E-state index contributed by atoms with van der Waals surface area (Å²) in [6, 6.07) is 8.61. The van der Waals surface area contributed by atoms with Gasteiger partial charge in [0.05, 0.1) is 4.92 Å². The van der Waals surface area contributed by atoms with E-state index >= 15 is 0 Å². The maximum Gasteiger partial charge on any atom is 0.269 e. The number of hydrogen-bond acceptors (Lipinski definition) is 3. The number of nitro benzene ring substituents is 1. The lowest BCUT2D eigenvalue weighted by Gasteiger charge is -2.04. The van der Waals surface area contributed by atoms with E-state index < -0.39 is 0 Å². The molecule has 1 unspecified atom stereocenters. The molecule has 5 nitrogen and oxygen atoms in total. The van der Waals surface area contributed by atoms with Crippen LogP contribution in [0.1, 0.15) is 24.1 Å². The van der Waals surface area contributed by atoms with E-state index in [2.05, 4.69) is 0 Å². The molecule has 0 aliphatic rings. The lowest BCUT2D eigenvalue weighted by atomic mass is 10.2. The Morgan fingerprint density at radius 2 is 2.22 bits per heavy atom. The second-order valence-corrected chi connectivity index (χ2v) is 4.33. The van der Waals surface area contributed by atoms with Crippen molar-refractivity contribution in [1.29, 1.82) is 0 Å². The van der Waals surface area contributed by atoms with Crippen LogP contribution in [-0.2, 0) is 6.54 Å². The largest absolute Gasteiger partial charge is 0.350 e. The number of benzene rings is 1. The van der Waals surface area contributed by atoms with Crippen LogP contribution in [0.4, 0.5) is 5.69 Å². The molecule has 1 atom stereocenters. The maximum absolute atomic E-state index is 10.7. The quantitative estimate of drug-likeness (QED) is 0.664. The minimum absolute atomic E-state index is 0.00337. The second kappa shape index (κ2) is 5.01. The molecule has 18 heavy (non-hydrogen) atoms. The van der Waals surface area contributed by atoms with Crippen molar-refractivity contribution in [1.82, 2.24) is 4.57 Å². The molecule has 0 aliphatic carbocycles. The van der Waals surface area contributed by atoms with Crippen LogP contribution in [0.2, 0.25) is 0 Å². The van der Waals surface area contributed by atoms with Gasteiger partial charge in [-0.1, -0.05) is 12.1 Å². The van der Waals surface area contributed by atoms with Gasteiger partial charge in [-0.2, -0.15) is 0 Å². The highest BCUT2D eigenvalue weighted by Gasteiger charge is 2.06. The zero-order chi connectivity index (χ0) is 13.1. The summed E-state index contributed by atoms with van der Waals surface area (Å²) in [5, 5.41) is 10.7. The Morgan fingerprint density at radius 1 is 1.44 bits per heavy atom. The van der Waals surface area contributed by atoms with Crippen LogP contribution >= 0.6 is 0 Å². The van der Waals surface area contributed by atoms with Crippen LogP contribution in [0.15, 0.2) is 42.7 Å². The third-order valence-corrected chi connectivity index (χ3v) is 2.79. The average molecular weight is 245 g/mol. The summed E-state index contributed by atoms with van der Waals surface area (Å²) in [6.07, 6.45) is 3.89. The van der Waals surface area contributed by atoms with Crippen molar-refractivity contribution in [3.63, 3.8) is 0 Å². The lowest BCUT2D eigenvalue weighted by Crippen LogP contribution is -2.04. The predicted octanol–water partition coefficient (Wildman–Crippen LogP) is 2.46. The molecular weight excluding hydrogens is 230 g/mol. The fourth-order valence-corrected chi connectivity index (χ4v) is 1.81. The first-order valence-electron chi connectivity index (χ1n) is 5.71. The molecule has 2 N–H and O–H groups in total. The summed E-state index contributed by atoms with van der Waals surface area (Å²) in [7, 11) is 0. The first-order valence-corrected chi connectivity index (χ1v) is 5.71. The third kappa shape index (κ3) is 2.75. The molecule has 2 aromatic rings. The number of non-ortho nitro benzene ring substituents is 1. The predicted molar refractivity (Wildman–Crippen MR) is 69.2 cm³/mol. The fraction of sp³-hybridized carbons (Fsp3) is 0.231. The Morgan fingerprint density at radius 3 is 2.83 bits per heavy atom. The number of nitro groups is 1. The van der Waals surface area contributed by atoms with Gasteiger partial charge in [-0.05, 0) is 24.1 Å². The third-order valence-electron chi connectivity index (χ3n) is 2.79. The normalized spacial score (nSPS) is 12.3. The molecule has 5 heteroatoms. The van der Waals surface area contributed by atoms with Gasteiger partial charge in [-0.15, -0.1) is 0 Å². The Balaban J connectivity index is 2.17. The average Bonchev–Trinajstić information content (AvgIpc) is 2.78. The van der Waals surface area contributed by atoms with Crippen molar-refractivity contribution in [2.24, 2.45) is 5.73 Å². The molecule has 1 aromatic carbocycles. The zero-order valence-electron chi connectivity index (χ0n) is 10.1. The van der Waals surface area contributed by atoms with Gasteiger partial charge in [0.1, 0.15) is 0 Å². The standard InChI is InChI=1S/C13H15N3O2/c1-10(14)12-5-6-15(9-12)8-11-3-2-4-13(7-11)16(17)18/h2-7,9-10H,8,14H2,1H3. The van der Waals surface area contributed by atoms with E-state index in [1.54, 1.807) is 12.1 Å². The molecule has 0 amide bonds. The minimum Gasteiger partial charge on any atom is -0.350 e. The Hall–Kier alpha value is -2.14. The van der Waals surface area contributed by atoms with Crippen LogP contribution in [0.25, 0.3) is 0 Å². The second-order valence-electron chi connectivity index (χ2n) is 4.33. The van der Waals surface area contributed by atoms with Crippen LogP contribution in [0.3, 0.4) is 0 Å². The van der Waals surface area contributed by atoms with E-state index in [4.69, 9.17) is 5.73 Å². The van der Waals surface area contributed by atoms with Gasteiger partial charge < -0.3 is 10.3 Å². The number of rotatable bonds is 4. The van der Waals surface area contributed by atoms with E-state index in [-0.39, 0.29) is 16.7 Å². The van der Waals surface area contributed by atoms with Gasteiger partial charge in [0.25, 0.3) is 5.69 Å². The monoisotopic (exact) mass is 245 g/mol. The van der Waals surface area contributed by atoms with Gasteiger partial charge >= 0.3 is 0 Å². The summed E-state index contributed by atoms with van der Waals surface area (Å²) in [6.45, 7) is 2.53. The Bertz CT molecular complexity index is 561. The number of hydrogen-bond donors (Lipinski definition) is 1. The van der Waals surface area contributed by atoms with Crippen molar-refractivity contribution in [2.75, 3.05) is 0 Å². The molecule has 2 rings (SSSR count). The van der Waals surface area contributed by atoms with E-state index in [9.17, 15) is 10.1 Å². The molecule has 0 fully saturated rings. The summed E-state index contributed by atoms with van der Waals surface area (Å²) < 4.78 is 1.97. The minimum atomic E-state index is -0.382. The molecule has 0 spiro atoms. The van der Waals surface area contributed by atoms with Gasteiger partial charge in [0.2, 0.25) is 0 Å². The summed E-state index contributed by atoms with van der Waals surface area (Å²) in [4.78, 5) is 10.3. The first-order chi connectivity index (χ1) is 8.56. The van der Waals surface area contributed by atoms with E-state index in [1.807, 2.05) is 36.0 Å². The van der Waals surface area contributed by atoms with Crippen LogP contribution in [-0.4, -0.2) is 9.49 Å². The highest BCUT2D eigenvalue weighted by Crippen LogP contribution is 2.16. The SMILES string of the molecule is CC(N)c1ccn(Cc2cccc([N+](=O)[O-])c2)c1. The van der Waals surface area contributed by atoms with E-state index in [0.717, 1.165) is 11.1 Å². The van der Waals surface area contributed by atoms with Crippen molar-refractivity contribution in [3.8, 4) is 0 Å². The molecule has 94 valence electrons. The van der Waals surface area contributed by atoms with E-state index in [1.165, 1.54) is 6.07 Å². The number of aromatic nitrogens is 1. The van der Waals surface area contributed by atoms with Crippen molar-refractivity contribution >= 4 is 5.69 Å². The molecule has 0 saturated heterocycles. The first kappa shape index (κ1) is 12.3. The molecule has 1 heterocycles. The zero-order valence-corrected chi connectivity index (χ0v) is 10.1. The van der Waals surface area contributed by atoms with Gasteiger partial charge in [-0.25, -0.2) is 0 Å². The summed E-state index contributed by atoms with van der Waals surface area (Å²) >= 11 is 0. The van der Waals surface area contributed by atoms with Crippen LogP contribution in [0, 0.1) is 10.1 Å². The van der Waals surface area contributed by atoms with Gasteiger partial charge in [-0.3, -0.25) is 10.1 Å². The number of nitrogens with two attached hydrogens (primary N) is 1. The molecule has 0 aliphatic heterocycles. The molecule has 0 saturated carbocycles. The van der Waals surface area contributed by atoms with Crippen LogP contribution in [0.5, 0.6) is 0 Å². The van der Waals surface area contributed by atoms with Crippen molar-refractivity contribution < 1.29 is 4.92 Å². The lowest BCUT2D eigenvalue weighted by molar-refractivity contribution is -0.384. The maximum atomic E-state index is 10.7. The smallest absolute Gasteiger partial charge is 0.269 e. The van der Waals surface area contributed by atoms with E-state index in [0.29, 0.717) is 6.54 Å². The highest BCUT2D eigenvalue weighted by molar-refractivity contribution is 5.34. The highest BCUT2D eigenvalue weighted by atomic mass is 16.6. The van der Waals surface area contributed by atoms with Crippen molar-refractivity contribution in [2.45, 2.75) is 19.5 Å². The van der Waals surface area contributed by atoms with Gasteiger partial charge in [0.15, 0.2) is 0 Å². The Kier molecular flexibility index (Phi) is 3.43. The summed E-state index contributed by atoms with van der Waals surface area (Å²) in [5.41, 5.74) is 7.85. The molecular formula is C13H15N3O2. The number of nitrogens with zero attached hydrogens (tertiary/aromatic N) is 2. The molecule has 0 radical (unpaired) electrons. The van der Waals surface area contributed by atoms with Gasteiger partial charge in [0, 0.05) is 37.1 Å². The topological polar surface area (TPSA) is 74.1 Å². The molecule has 0 bridgehead atoms. The van der Waals surface area contributed by atoms with Crippen molar-refractivity contribution in [3.05, 3.63) is 64.0 Å². The fourth-order valence-electron chi connectivity index (χ4n) is 1.81. The van der Waals surface area contributed by atoms with Crippen LogP contribution < -0.4 is 5.73 Å². The summed E-state index contributed by atoms with van der Waals surface area (Å²) in [5.74, 6) is 0.